The van der Waals surface area contributed by atoms with Crippen LogP contribution in [-0.2, 0) is 26.1 Å². The summed E-state index contributed by atoms with van der Waals surface area (Å²) in [5, 5.41) is 0. The molecule has 18 heavy (non-hydrogen) atoms. The molecule has 0 aliphatic carbocycles. The quantitative estimate of drug-likeness (QED) is 0.474. The maximum absolute atomic E-state index is 12.0. The fourth-order valence-electron chi connectivity index (χ4n) is 1.03. The summed E-state index contributed by atoms with van der Waals surface area (Å²) < 4.78 is 18.5. The van der Waals surface area contributed by atoms with Crippen molar-refractivity contribution in [1.82, 2.24) is 9.97 Å². The van der Waals surface area contributed by atoms with Crippen LogP contribution in [0.3, 0.4) is 0 Å². The van der Waals surface area contributed by atoms with Gasteiger partial charge < -0.3 is 0 Å². The summed E-state index contributed by atoms with van der Waals surface area (Å²) in [6, 6.07) is 8.23. The van der Waals surface area contributed by atoms with Gasteiger partial charge in [-0.2, -0.15) is 4.39 Å². The van der Waals surface area contributed by atoms with E-state index < -0.39 is 17.1 Å². The summed E-state index contributed by atoms with van der Waals surface area (Å²) in [6.07, 6.45) is 0.772. The molecule has 0 unspecified atom stereocenters. The third-order valence-electron chi connectivity index (χ3n) is 1.94. The number of nitrogens with one attached hydrogen (secondary N) is 2. The Morgan fingerprint density at radius 3 is 2.39 bits per heavy atom. The Kier molecular flexibility index (Phi) is 5.77. The number of H-pyrrole nitrogens is 2. The first-order valence-electron chi connectivity index (χ1n) is 4.98. The predicted molar refractivity (Wildman–Crippen MR) is 59.1 cm³/mol. The molecular formula is C11H11FHgN2O3+2. The first-order valence-corrected chi connectivity index (χ1v) is 7.73. The first-order chi connectivity index (χ1) is 8.52. The topological polar surface area (TPSA) is 79.3 Å². The second kappa shape index (κ2) is 7.10. The second-order valence-corrected chi connectivity index (χ2v) is 6.46. The minimum Gasteiger partial charge on any atom is -0.266 e. The van der Waals surface area contributed by atoms with E-state index in [0.29, 0.717) is 0 Å². The van der Waals surface area contributed by atoms with Crippen molar-refractivity contribution in [3.63, 3.8) is 0 Å². The summed E-state index contributed by atoms with van der Waals surface area (Å²) in [5.74, 6) is -0.00278. The van der Waals surface area contributed by atoms with Crippen molar-refractivity contribution in [2.24, 2.45) is 0 Å². The number of methoxy groups -OCH3 is 1. The monoisotopic (exact) mass is 440 g/mol. The van der Waals surface area contributed by atoms with Gasteiger partial charge in [0.2, 0.25) is 5.82 Å². The molecule has 1 heterocycles. The van der Waals surface area contributed by atoms with Crippen LogP contribution in [0, 0.1) is 5.82 Å². The van der Waals surface area contributed by atoms with Gasteiger partial charge in [0.05, 0.1) is 6.20 Å². The van der Waals surface area contributed by atoms with Gasteiger partial charge in [0.25, 0.3) is 5.56 Å². The van der Waals surface area contributed by atoms with Crippen molar-refractivity contribution >= 4 is 3.07 Å². The molecule has 7 heteroatoms. The van der Waals surface area contributed by atoms with E-state index in [1.54, 1.807) is 7.11 Å². The molecule has 0 atom stereocenters. The molecule has 1 aromatic carbocycles. The Balaban J connectivity index is 0.000000180. The molecule has 0 bridgehead atoms. The number of ether oxygens (including phenoxy) is 1. The second-order valence-electron chi connectivity index (χ2n) is 3.29. The first kappa shape index (κ1) is 14.6. The van der Waals surface area contributed by atoms with Gasteiger partial charge >= 0.3 is 76.7 Å². The third kappa shape index (κ3) is 4.83. The number of aromatic amines is 2. The fourth-order valence-corrected chi connectivity index (χ4v) is 1.94. The average Bonchev–Trinajstić information content (AvgIpc) is 2.36. The van der Waals surface area contributed by atoms with Crippen LogP contribution in [0.25, 0.3) is 0 Å². The number of hydrogen-bond acceptors (Lipinski definition) is 2. The van der Waals surface area contributed by atoms with Crippen LogP contribution in [0.5, 0.6) is 5.75 Å². The Labute approximate surface area is 118 Å². The van der Waals surface area contributed by atoms with Crippen molar-refractivity contribution in [3.8, 4) is 5.75 Å². The molecular weight excluding hydrogens is 428 g/mol. The van der Waals surface area contributed by atoms with Crippen LogP contribution in [-0.4, -0.2) is 21.9 Å². The Bertz CT molecular complexity index is 607. The van der Waals surface area contributed by atoms with Gasteiger partial charge in [0, 0.05) is 0 Å². The summed E-state index contributed by atoms with van der Waals surface area (Å²) in [6.45, 7) is 0. The third-order valence-corrected chi connectivity index (χ3v) is 3.78. The van der Waals surface area contributed by atoms with Crippen molar-refractivity contribution in [1.29, 1.82) is 0 Å². The van der Waals surface area contributed by atoms with Crippen molar-refractivity contribution in [2.75, 3.05) is 7.11 Å². The van der Waals surface area contributed by atoms with E-state index in [2.05, 4.69) is 17.1 Å². The minimum absolute atomic E-state index is 0.457. The Morgan fingerprint density at radius 2 is 1.94 bits per heavy atom. The van der Waals surface area contributed by atoms with Gasteiger partial charge in [-0.15, -0.1) is 0 Å². The molecule has 0 saturated carbocycles. The van der Waals surface area contributed by atoms with Gasteiger partial charge in [0.1, 0.15) is 0 Å². The van der Waals surface area contributed by atoms with Crippen LogP contribution >= 0.6 is 0 Å². The SMILES string of the molecule is COc1cc[c]([Hg+])cc1.O=c1[nH]c(=[OH+])[nH]cc1F. The molecule has 1 aromatic heterocycles. The molecule has 0 fully saturated rings. The van der Waals surface area contributed by atoms with E-state index >= 15 is 0 Å². The van der Waals surface area contributed by atoms with Crippen molar-refractivity contribution in [3.05, 3.63) is 52.3 Å². The van der Waals surface area contributed by atoms with Crippen LogP contribution in [0.15, 0.2) is 35.3 Å². The summed E-state index contributed by atoms with van der Waals surface area (Å²) in [7, 11) is 1.69. The molecule has 0 aliphatic heterocycles. The van der Waals surface area contributed by atoms with Crippen LogP contribution in [0.4, 0.5) is 4.39 Å². The molecule has 2 rings (SSSR count). The van der Waals surface area contributed by atoms with E-state index in [4.69, 9.17) is 9.53 Å². The van der Waals surface area contributed by atoms with Crippen LogP contribution in [0.2, 0.25) is 0 Å². The number of halogens is 1. The number of aromatic nitrogens is 2. The molecule has 0 spiro atoms. The Morgan fingerprint density at radius 1 is 1.33 bits per heavy atom. The van der Waals surface area contributed by atoms with Gasteiger partial charge in [-0.3, -0.25) is 9.78 Å². The molecule has 0 aliphatic rings. The smallest absolute Gasteiger partial charge is 0.266 e. The van der Waals surface area contributed by atoms with Crippen molar-refractivity contribution in [2.45, 2.75) is 0 Å². The fraction of sp³-hybridized carbons (Fsp3) is 0.0909. The maximum Gasteiger partial charge on any atom is 0.508 e. The van der Waals surface area contributed by atoms with Crippen molar-refractivity contribution < 1.29 is 40.0 Å². The molecule has 0 saturated heterocycles. The molecule has 2 aromatic rings. The van der Waals surface area contributed by atoms with Gasteiger partial charge in [-0.05, 0) is 0 Å². The largest absolute Gasteiger partial charge is 0.508 e. The van der Waals surface area contributed by atoms with E-state index in [1.807, 2.05) is 17.1 Å². The number of hydrogen-bond donors (Lipinski definition) is 2. The van der Waals surface area contributed by atoms with E-state index in [9.17, 15) is 9.18 Å². The van der Waals surface area contributed by atoms with Crippen LogP contribution in [0.1, 0.15) is 0 Å². The van der Waals surface area contributed by atoms with Gasteiger partial charge in [-0.1, -0.05) is 0 Å². The summed E-state index contributed by atoms with van der Waals surface area (Å²) in [4.78, 5) is 22.6. The Hall–Kier alpha value is -1.43. The zero-order chi connectivity index (χ0) is 13.5. The molecule has 0 amide bonds. The normalized spacial score (nSPS) is 9.33. The minimum atomic E-state index is -0.951. The molecule has 0 radical (unpaired) electrons. The van der Waals surface area contributed by atoms with Gasteiger partial charge in [-0.25, -0.2) is 9.78 Å². The van der Waals surface area contributed by atoms with Gasteiger partial charge in [0.15, 0.2) is 0 Å². The zero-order valence-electron chi connectivity index (χ0n) is 9.74. The van der Waals surface area contributed by atoms with E-state index in [-0.39, 0.29) is 0 Å². The van der Waals surface area contributed by atoms with Crippen LogP contribution < -0.4 is 19.1 Å². The average molecular weight is 439 g/mol. The summed E-state index contributed by atoms with van der Waals surface area (Å²) >= 11 is 0.744. The number of benzene rings is 1. The standard InChI is InChI=1S/C7H7O.C4H3FN2O2.Hg/c1-8-7-5-3-2-4-6-7;5-2-1-6-4(9)7-3(2)8;/h3-6H,1H3;1H,(H2,6,7,8,9);/q;;+1/p+1. The predicted octanol–water partition coefficient (Wildman–Crippen LogP) is -0.286. The summed E-state index contributed by atoms with van der Waals surface area (Å²) in [5.41, 5.74) is -1.40. The number of rotatable bonds is 1. The zero-order valence-corrected chi connectivity index (χ0v) is 15.2. The van der Waals surface area contributed by atoms with E-state index in [1.165, 1.54) is 3.07 Å². The molecule has 90 valence electrons. The molecule has 5 nitrogen and oxygen atoms in total. The molecule has 3 N–H and O–H groups in total. The maximum atomic E-state index is 12.0. The van der Waals surface area contributed by atoms with E-state index in [0.717, 1.165) is 38.1 Å².